The highest BCUT2D eigenvalue weighted by molar-refractivity contribution is 6.40. The fourth-order valence-electron chi connectivity index (χ4n) is 4.67. The van der Waals surface area contributed by atoms with E-state index in [2.05, 4.69) is 29.2 Å². The number of nitrogens with zero attached hydrogens (tertiary/aromatic N) is 2. The number of primary amides is 1. The van der Waals surface area contributed by atoms with E-state index in [0.717, 1.165) is 32.5 Å². The van der Waals surface area contributed by atoms with E-state index in [0.29, 0.717) is 24.9 Å². The molecule has 0 bridgehead atoms. The molecule has 2 aliphatic heterocycles. The van der Waals surface area contributed by atoms with Crippen molar-refractivity contribution in [2.75, 3.05) is 32.7 Å². The van der Waals surface area contributed by atoms with Crippen molar-refractivity contribution in [1.29, 1.82) is 0 Å². The van der Waals surface area contributed by atoms with Gasteiger partial charge >= 0.3 is 0 Å². The molecule has 0 saturated carbocycles. The minimum Gasteiger partial charge on any atom is -0.366 e. The van der Waals surface area contributed by atoms with Gasteiger partial charge < -0.3 is 15.5 Å². The van der Waals surface area contributed by atoms with Gasteiger partial charge in [-0.25, -0.2) is 0 Å². The Labute approximate surface area is 186 Å². The molecule has 2 fully saturated rings. The number of aryl methyl sites for hydroxylation is 1. The van der Waals surface area contributed by atoms with Gasteiger partial charge in [0.2, 0.25) is 5.91 Å². The van der Waals surface area contributed by atoms with Crippen molar-refractivity contribution in [2.24, 2.45) is 17.6 Å². The molecule has 7 heteroatoms. The van der Waals surface area contributed by atoms with Crippen LogP contribution >= 0.6 is 23.2 Å². The molecule has 2 aliphatic rings. The molecule has 5 nitrogen and oxygen atoms in total. The average molecular weight is 446 g/mol. The summed E-state index contributed by atoms with van der Waals surface area (Å²) in [6.45, 7) is 4.55. The van der Waals surface area contributed by atoms with Crippen LogP contribution in [0.5, 0.6) is 0 Å². The maximum atomic E-state index is 13.0. The summed E-state index contributed by atoms with van der Waals surface area (Å²) >= 11 is 12.5. The molecule has 2 saturated heterocycles. The number of halogens is 2. The maximum absolute atomic E-state index is 13.0. The highest BCUT2D eigenvalue weighted by atomic mass is 35.5. The number of carbonyl (C=O) groups excluding carboxylic acids is 2. The monoisotopic (exact) mass is 445 g/mol. The van der Waals surface area contributed by atoms with E-state index in [1.54, 1.807) is 0 Å². The number of hydrogen-bond acceptors (Lipinski definition) is 3. The van der Waals surface area contributed by atoms with Crippen LogP contribution in [0.25, 0.3) is 0 Å². The molecular formula is C23H25Cl2N3O2. The van der Waals surface area contributed by atoms with Crippen molar-refractivity contribution >= 4 is 35.0 Å². The number of benzene rings is 2. The fraction of sp³-hybridized carbons (Fsp3) is 0.391. The molecule has 0 radical (unpaired) electrons. The largest absolute Gasteiger partial charge is 0.366 e. The smallest absolute Gasteiger partial charge is 0.256 e. The molecule has 2 heterocycles. The van der Waals surface area contributed by atoms with Crippen LogP contribution in [0.2, 0.25) is 10.0 Å². The van der Waals surface area contributed by atoms with Crippen LogP contribution in [0.1, 0.15) is 32.7 Å². The van der Waals surface area contributed by atoms with Crippen LogP contribution in [0.4, 0.5) is 0 Å². The molecule has 0 spiro atoms. The van der Waals surface area contributed by atoms with E-state index < -0.39 is 5.91 Å². The summed E-state index contributed by atoms with van der Waals surface area (Å²) in [6.07, 6.45) is 2.24. The fourth-order valence-corrected chi connectivity index (χ4v) is 5.32. The van der Waals surface area contributed by atoms with E-state index in [4.69, 9.17) is 28.9 Å². The summed E-state index contributed by atoms with van der Waals surface area (Å²) in [5.41, 5.74) is 7.12. The molecule has 1 unspecified atom stereocenters. The summed E-state index contributed by atoms with van der Waals surface area (Å²) in [4.78, 5) is 28.8. The summed E-state index contributed by atoms with van der Waals surface area (Å²) in [7, 11) is 0. The standard InChI is InChI=1S/C23H25Cl2N3O2/c24-19-9-16(22(26)29)10-20(25)21(19)23(30)28-13-17-11-27(12-18(17)14-28)8-4-7-15-5-2-1-3-6-15/h1-3,5-6,9-10,17-18H,4,7-8,11-14H2,(H2,26,29)/t17-,18?/m0/s1. The molecule has 0 aliphatic carbocycles. The Kier molecular flexibility index (Phi) is 6.32. The lowest BCUT2D eigenvalue weighted by Gasteiger charge is -2.22. The van der Waals surface area contributed by atoms with E-state index in [1.807, 2.05) is 11.0 Å². The first-order valence-electron chi connectivity index (χ1n) is 10.3. The molecule has 30 heavy (non-hydrogen) atoms. The Morgan fingerprint density at radius 3 is 2.13 bits per heavy atom. The van der Waals surface area contributed by atoms with Gasteiger partial charge in [-0.15, -0.1) is 0 Å². The van der Waals surface area contributed by atoms with Crippen molar-refractivity contribution in [3.63, 3.8) is 0 Å². The topological polar surface area (TPSA) is 66.6 Å². The van der Waals surface area contributed by atoms with Crippen molar-refractivity contribution in [3.05, 3.63) is 69.2 Å². The molecule has 158 valence electrons. The first-order valence-corrected chi connectivity index (χ1v) is 11.0. The van der Waals surface area contributed by atoms with Gasteiger partial charge in [-0.05, 0) is 48.9 Å². The highest BCUT2D eigenvalue weighted by Crippen LogP contribution is 2.34. The molecule has 2 N–H and O–H groups in total. The maximum Gasteiger partial charge on any atom is 0.256 e. The zero-order valence-electron chi connectivity index (χ0n) is 16.7. The minimum atomic E-state index is -0.624. The number of nitrogens with two attached hydrogens (primary N) is 1. The first-order chi connectivity index (χ1) is 14.4. The predicted molar refractivity (Wildman–Crippen MR) is 119 cm³/mol. The van der Waals surface area contributed by atoms with Gasteiger partial charge in [0.1, 0.15) is 0 Å². The van der Waals surface area contributed by atoms with Crippen molar-refractivity contribution in [1.82, 2.24) is 9.80 Å². The van der Waals surface area contributed by atoms with Gasteiger partial charge in [0.25, 0.3) is 5.91 Å². The Bertz CT molecular complexity index is 914. The van der Waals surface area contributed by atoms with Crippen LogP contribution in [-0.4, -0.2) is 54.3 Å². The molecule has 0 aromatic heterocycles. The number of hydrogen-bond donors (Lipinski definition) is 1. The normalized spacial score (nSPS) is 21.1. The first kappa shape index (κ1) is 21.2. The second-order valence-electron chi connectivity index (χ2n) is 8.26. The number of fused-ring (bicyclic) bond motifs is 1. The van der Waals surface area contributed by atoms with Crippen LogP contribution in [-0.2, 0) is 6.42 Å². The molecule has 2 aromatic rings. The van der Waals surface area contributed by atoms with Crippen LogP contribution in [0.3, 0.4) is 0 Å². The van der Waals surface area contributed by atoms with Crippen LogP contribution in [0, 0.1) is 11.8 Å². The SMILES string of the molecule is NC(=O)c1cc(Cl)c(C(=O)N2CC3CN(CCCc4ccccc4)C[C@H]3C2)c(Cl)c1. The second kappa shape index (κ2) is 8.96. The third-order valence-corrected chi connectivity index (χ3v) is 6.77. The lowest BCUT2D eigenvalue weighted by molar-refractivity contribution is 0.0773. The molecule has 4 rings (SSSR count). The van der Waals surface area contributed by atoms with Crippen molar-refractivity contribution in [2.45, 2.75) is 12.8 Å². The number of rotatable bonds is 6. The predicted octanol–water partition coefficient (Wildman–Crippen LogP) is 3.73. The molecule has 2 atom stereocenters. The number of amides is 2. The van der Waals surface area contributed by atoms with Crippen LogP contribution in [0.15, 0.2) is 42.5 Å². The molecular weight excluding hydrogens is 421 g/mol. The lowest BCUT2D eigenvalue weighted by Crippen LogP contribution is -2.34. The highest BCUT2D eigenvalue weighted by Gasteiger charge is 2.42. The van der Waals surface area contributed by atoms with E-state index in [1.165, 1.54) is 17.7 Å². The zero-order chi connectivity index (χ0) is 21.3. The Hall–Kier alpha value is -2.08. The Morgan fingerprint density at radius 2 is 1.57 bits per heavy atom. The molecule has 2 aromatic carbocycles. The third kappa shape index (κ3) is 4.48. The van der Waals surface area contributed by atoms with Gasteiger partial charge in [0.05, 0.1) is 15.6 Å². The van der Waals surface area contributed by atoms with E-state index >= 15 is 0 Å². The second-order valence-corrected chi connectivity index (χ2v) is 9.07. The van der Waals surface area contributed by atoms with Gasteiger partial charge in [0.15, 0.2) is 0 Å². The van der Waals surface area contributed by atoms with E-state index in [9.17, 15) is 9.59 Å². The lowest BCUT2D eigenvalue weighted by atomic mass is 10.0. The zero-order valence-corrected chi connectivity index (χ0v) is 18.2. The summed E-state index contributed by atoms with van der Waals surface area (Å²) in [6, 6.07) is 13.4. The van der Waals surface area contributed by atoms with Crippen LogP contribution < -0.4 is 5.73 Å². The average Bonchev–Trinajstić information content (AvgIpc) is 3.27. The van der Waals surface area contributed by atoms with E-state index in [-0.39, 0.29) is 27.1 Å². The summed E-state index contributed by atoms with van der Waals surface area (Å²) in [5.74, 6) is 0.160. The van der Waals surface area contributed by atoms with Crippen molar-refractivity contribution in [3.8, 4) is 0 Å². The number of carbonyl (C=O) groups is 2. The Morgan fingerprint density at radius 1 is 0.967 bits per heavy atom. The number of likely N-dealkylation sites (tertiary alicyclic amines) is 2. The summed E-state index contributed by atoms with van der Waals surface area (Å²) in [5, 5.41) is 0.335. The van der Waals surface area contributed by atoms with Gasteiger partial charge in [0, 0.05) is 31.7 Å². The quantitative estimate of drug-likeness (QED) is 0.736. The minimum absolute atomic E-state index is 0.167. The Balaban J connectivity index is 1.32. The van der Waals surface area contributed by atoms with Gasteiger partial charge in [-0.2, -0.15) is 0 Å². The van der Waals surface area contributed by atoms with Gasteiger partial charge in [-0.1, -0.05) is 53.5 Å². The van der Waals surface area contributed by atoms with Crippen molar-refractivity contribution < 1.29 is 9.59 Å². The molecule has 2 amide bonds. The van der Waals surface area contributed by atoms with Gasteiger partial charge in [-0.3, -0.25) is 9.59 Å². The third-order valence-electron chi connectivity index (χ3n) is 6.17. The summed E-state index contributed by atoms with van der Waals surface area (Å²) < 4.78 is 0.